The SMILES string of the molecule is CCOC(=O)C1C=CCN1C(=O)CCCCC(=O)N1CC=CC1C(=O)OCC. The first-order chi connectivity index (χ1) is 13.5. The van der Waals surface area contributed by atoms with Crippen LogP contribution >= 0.6 is 0 Å². The number of amides is 2. The quantitative estimate of drug-likeness (QED) is 0.333. The Labute approximate surface area is 165 Å². The highest BCUT2D eigenvalue weighted by molar-refractivity contribution is 5.88. The first-order valence-corrected chi connectivity index (χ1v) is 9.75. The number of carbonyl (C=O) groups is 4. The predicted octanol–water partition coefficient (Wildman–Crippen LogP) is 1.21. The molecule has 2 unspecified atom stereocenters. The lowest BCUT2D eigenvalue weighted by molar-refractivity contribution is -0.152. The Balaban J connectivity index is 1.73. The summed E-state index contributed by atoms with van der Waals surface area (Å²) in [5.41, 5.74) is 0. The average molecular weight is 392 g/mol. The molecule has 0 bridgehead atoms. The van der Waals surface area contributed by atoms with Crippen LogP contribution in [0.2, 0.25) is 0 Å². The number of nitrogens with zero attached hydrogens (tertiary/aromatic N) is 2. The van der Waals surface area contributed by atoms with Crippen LogP contribution in [0.5, 0.6) is 0 Å². The summed E-state index contributed by atoms with van der Waals surface area (Å²) in [7, 11) is 0. The minimum absolute atomic E-state index is 0.136. The molecule has 0 saturated carbocycles. The third kappa shape index (κ3) is 5.43. The van der Waals surface area contributed by atoms with Gasteiger partial charge in [0.1, 0.15) is 12.1 Å². The minimum Gasteiger partial charge on any atom is -0.464 e. The highest BCUT2D eigenvalue weighted by Gasteiger charge is 2.32. The van der Waals surface area contributed by atoms with E-state index < -0.39 is 24.0 Å². The largest absolute Gasteiger partial charge is 0.464 e. The summed E-state index contributed by atoms with van der Waals surface area (Å²) in [4.78, 5) is 51.5. The molecule has 2 heterocycles. The fourth-order valence-electron chi connectivity index (χ4n) is 3.26. The normalized spacial score (nSPS) is 20.5. The van der Waals surface area contributed by atoms with Crippen LogP contribution in [0, 0.1) is 0 Å². The van der Waals surface area contributed by atoms with Crippen LogP contribution < -0.4 is 0 Å². The maximum atomic E-state index is 12.4. The van der Waals surface area contributed by atoms with Gasteiger partial charge < -0.3 is 19.3 Å². The Bertz CT molecular complexity index is 601. The highest BCUT2D eigenvalue weighted by Crippen LogP contribution is 2.17. The fourth-order valence-corrected chi connectivity index (χ4v) is 3.26. The van der Waals surface area contributed by atoms with Crippen molar-refractivity contribution >= 4 is 23.8 Å². The molecule has 8 nitrogen and oxygen atoms in total. The van der Waals surface area contributed by atoms with E-state index in [-0.39, 0.29) is 37.9 Å². The van der Waals surface area contributed by atoms with Gasteiger partial charge in [-0.15, -0.1) is 0 Å². The molecule has 0 spiro atoms. The number of hydrogen-bond donors (Lipinski definition) is 0. The van der Waals surface area contributed by atoms with Crippen LogP contribution in [-0.2, 0) is 28.7 Å². The van der Waals surface area contributed by atoms with Crippen LogP contribution in [0.15, 0.2) is 24.3 Å². The van der Waals surface area contributed by atoms with Crippen LogP contribution in [-0.4, -0.2) is 71.9 Å². The zero-order chi connectivity index (χ0) is 20.5. The maximum Gasteiger partial charge on any atom is 0.332 e. The Morgan fingerprint density at radius 2 is 1.18 bits per heavy atom. The van der Waals surface area contributed by atoms with Gasteiger partial charge >= 0.3 is 11.9 Å². The van der Waals surface area contributed by atoms with E-state index >= 15 is 0 Å². The lowest BCUT2D eigenvalue weighted by atomic mass is 10.1. The maximum absolute atomic E-state index is 12.4. The van der Waals surface area contributed by atoms with Gasteiger partial charge in [0.05, 0.1) is 13.2 Å². The minimum atomic E-state index is -0.657. The monoisotopic (exact) mass is 392 g/mol. The molecule has 28 heavy (non-hydrogen) atoms. The molecule has 0 aliphatic carbocycles. The molecule has 0 saturated heterocycles. The summed E-state index contributed by atoms with van der Waals surface area (Å²) in [5.74, 6) is -1.12. The van der Waals surface area contributed by atoms with Gasteiger partial charge in [0.25, 0.3) is 0 Å². The van der Waals surface area contributed by atoms with Gasteiger partial charge in [0, 0.05) is 25.9 Å². The second-order valence-corrected chi connectivity index (χ2v) is 6.55. The summed E-state index contributed by atoms with van der Waals surface area (Å²) < 4.78 is 9.98. The molecule has 2 amide bonds. The van der Waals surface area contributed by atoms with Gasteiger partial charge in [0.15, 0.2) is 0 Å². The van der Waals surface area contributed by atoms with Crippen LogP contribution in [0.25, 0.3) is 0 Å². The van der Waals surface area contributed by atoms with Crippen molar-refractivity contribution in [2.75, 3.05) is 26.3 Å². The second-order valence-electron chi connectivity index (χ2n) is 6.55. The number of ether oxygens (including phenoxy) is 2. The smallest absolute Gasteiger partial charge is 0.332 e. The average Bonchev–Trinajstić information content (AvgIpc) is 3.34. The van der Waals surface area contributed by atoms with Gasteiger partial charge in [-0.1, -0.05) is 24.3 Å². The van der Waals surface area contributed by atoms with Crippen molar-refractivity contribution in [1.82, 2.24) is 9.80 Å². The molecule has 2 aliphatic heterocycles. The molecule has 2 rings (SSSR count). The fraction of sp³-hybridized carbons (Fsp3) is 0.600. The molecular weight excluding hydrogens is 364 g/mol. The zero-order valence-electron chi connectivity index (χ0n) is 16.5. The van der Waals surface area contributed by atoms with E-state index in [4.69, 9.17) is 9.47 Å². The standard InChI is InChI=1S/C20H28N2O6/c1-3-27-19(25)15-9-7-13-21(15)17(23)11-5-6-12-18(24)22-14-8-10-16(22)20(26)28-4-2/h7-10,15-16H,3-6,11-14H2,1-2H3. The third-order valence-electron chi connectivity index (χ3n) is 4.64. The van der Waals surface area contributed by atoms with E-state index in [0.29, 0.717) is 25.9 Å². The van der Waals surface area contributed by atoms with Crippen molar-refractivity contribution in [1.29, 1.82) is 0 Å². The third-order valence-corrected chi connectivity index (χ3v) is 4.64. The van der Waals surface area contributed by atoms with Crippen LogP contribution in [0.1, 0.15) is 39.5 Å². The van der Waals surface area contributed by atoms with E-state index in [0.717, 1.165) is 0 Å². The molecule has 0 fully saturated rings. The number of hydrogen-bond acceptors (Lipinski definition) is 6. The summed E-state index contributed by atoms with van der Waals surface area (Å²) in [5, 5.41) is 0. The van der Waals surface area contributed by atoms with E-state index in [1.807, 2.05) is 0 Å². The summed E-state index contributed by atoms with van der Waals surface area (Å²) >= 11 is 0. The van der Waals surface area contributed by atoms with Crippen molar-refractivity contribution in [3.8, 4) is 0 Å². The lowest BCUT2D eigenvalue weighted by Gasteiger charge is -2.24. The Hall–Kier alpha value is -2.64. The van der Waals surface area contributed by atoms with Gasteiger partial charge in [-0.05, 0) is 26.7 Å². The van der Waals surface area contributed by atoms with Crippen molar-refractivity contribution in [3.63, 3.8) is 0 Å². The number of esters is 2. The first-order valence-electron chi connectivity index (χ1n) is 9.75. The molecule has 8 heteroatoms. The van der Waals surface area contributed by atoms with Crippen molar-refractivity contribution in [3.05, 3.63) is 24.3 Å². The molecule has 154 valence electrons. The molecule has 0 aromatic rings. The topological polar surface area (TPSA) is 93.2 Å². The molecule has 0 radical (unpaired) electrons. The van der Waals surface area contributed by atoms with Gasteiger partial charge in [-0.25, -0.2) is 9.59 Å². The number of rotatable bonds is 9. The highest BCUT2D eigenvalue weighted by atomic mass is 16.5. The van der Waals surface area contributed by atoms with Crippen molar-refractivity contribution in [2.24, 2.45) is 0 Å². The van der Waals surface area contributed by atoms with Crippen LogP contribution in [0.3, 0.4) is 0 Å². The van der Waals surface area contributed by atoms with E-state index in [1.165, 1.54) is 9.80 Å². The molecule has 0 aromatic carbocycles. The van der Waals surface area contributed by atoms with Gasteiger partial charge in [-0.3, -0.25) is 9.59 Å². The van der Waals surface area contributed by atoms with E-state index in [1.54, 1.807) is 38.2 Å². The van der Waals surface area contributed by atoms with Crippen molar-refractivity contribution in [2.45, 2.75) is 51.6 Å². The second kappa shape index (κ2) is 10.6. The van der Waals surface area contributed by atoms with E-state index in [2.05, 4.69) is 0 Å². The molecule has 0 N–H and O–H groups in total. The lowest BCUT2D eigenvalue weighted by Crippen LogP contribution is -2.42. The Morgan fingerprint density at radius 3 is 1.54 bits per heavy atom. The summed E-state index contributed by atoms with van der Waals surface area (Å²) in [6.45, 7) is 4.77. The molecule has 2 atom stereocenters. The zero-order valence-corrected chi connectivity index (χ0v) is 16.5. The first kappa shape index (κ1) is 21.7. The van der Waals surface area contributed by atoms with E-state index in [9.17, 15) is 19.2 Å². The van der Waals surface area contributed by atoms with Gasteiger partial charge in [0.2, 0.25) is 11.8 Å². The van der Waals surface area contributed by atoms with Crippen LogP contribution in [0.4, 0.5) is 0 Å². The summed E-state index contributed by atoms with van der Waals surface area (Å²) in [6.07, 6.45) is 8.47. The molecular formula is C20H28N2O6. The Kier molecular flexibility index (Phi) is 8.22. The summed E-state index contributed by atoms with van der Waals surface area (Å²) in [6, 6.07) is -1.31. The van der Waals surface area contributed by atoms with Crippen molar-refractivity contribution < 1.29 is 28.7 Å². The predicted molar refractivity (Wildman–Crippen MR) is 101 cm³/mol. The molecule has 2 aliphatic rings. The Morgan fingerprint density at radius 1 is 0.786 bits per heavy atom. The van der Waals surface area contributed by atoms with Gasteiger partial charge in [-0.2, -0.15) is 0 Å². The number of unbranched alkanes of at least 4 members (excludes halogenated alkanes) is 1. The molecule has 0 aromatic heterocycles. The number of carbonyl (C=O) groups excluding carboxylic acids is 4.